The van der Waals surface area contributed by atoms with E-state index in [4.69, 9.17) is 9.47 Å². The van der Waals surface area contributed by atoms with Crippen molar-refractivity contribution in [3.63, 3.8) is 0 Å². The van der Waals surface area contributed by atoms with Crippen LogP contribution in [0.2, 0.25) is 0 Å². The van der Waals surface area contributed by atoms with Crippen LogP contribution in [0.3, 0.4) is 0 Å². The molecule has 23 heavy (non-hydrogen) atoms. The van der Waals surface area contributed by atoms with Gasteiger partial charge in [-0.05, 0) is 47.7 Å². The fraction of sp³-hybridized carbons (Fsp3) is 0.316. The van der Waals surface area contributed by atoms with Gasteiger partial charge in [-0.25, -0.2) is 9.18 Å². The molecule has 0 atom stereocenters. The van der Waals surface area contributed by atoms with Crippen LogP contribution in [0.5, 0.6) is 5.75 Å². The van der Waals surface area contributed by atoms with E-state index in [-0.39, 0.29) is 19.0 Å². The zero-order chi connectivity index (χ0) is 16.8. The Morgan fingerprint density at radius 3 is 2.65 bits per heavy atom. The fourth-order valence-corrected chi connectivity index (χ4v) is 2.21. The molecule has 0 saturated heterocycles. The Balaban J connectivity index is 1.90. The van der Waals surface area contributed by atoms with Crippen molar-refractivity contribution >= 4 is 5.97 Å². The predicted octanol–water partition coefficient (Wildman–Crippen LogP) is 4.38. The minimum atomic E-state index is -0.481. The summed E-state index contributed by atoms with van der Waals surface area (Å²) in [5, 5.41) is 0. The monoisotopic (exact) mass is 316 g/mol. The van der Waals surface area contributed by atoms with Crippen LogP contribution in [0.1, 0.15) is 36.5 Å². The Labute approximate surface area is 136 Å². The summed E-state index contributed by atoms with van der Waals surface area (Å²) in [5.74, 6) is 0.165. The molecular formula is C19H21FO3. The smallest absolute Gasteiger partial charge is 0.344 e. The Hall–Kier alpha value is -2.36. The van der Waals surface area contributed by atoms with Gasteiger partial charge in [0.15, 0.2) is 6.61 Å². The zero-order valence-electron chi connectivity index (χ0n) is 13.6. The highest BCUT2D eigenvalue weighted by molar-refractivity contribution is 5.71. The lowest BCUT2D eigenvalue weighted by molar-refractivity contribution is -0.147. The first-order valence-electron chi connectivity index (χ1n) is 7.59. The van der Waals surface area contributed by atoms with Gasteiger partial charge in [0.1, 0.15) is 18.2 Å². The number of hydrogen-bond acceptors (Lipinski definition) is 3. The third-order valence-corrected chi connectivity index (χ3v) is 3.43. The molecule has 0 aliphatic rings. The highest BCUT2D eigenvalue weighted by Crippen LogP contribution is 2.27. The number of rotatable bonds is 6. The van der Waals surface area contributed by atoms with Crippen LogP contribution in [0.4, 0.5) is 4.39 Å². The third-order valence-electron chi connectivity index (χ3n) is 3.43. The average molecular weight is 316 g/mol. The van der Waals surface area contributed by atoms with E-state index in [9.17, 15) is 9.18 Å². The first-order valence-corrected chi connectivity index (χ1v) is 7.59. The van der Waals surface area contributed by atoms with Crippen LogP contribution in [0, 0.1) is 12.7 Å². The Kier molecular flexibility index (Phi) is 5.74. The van der Waals surface area contributed by atoms with Crippen LogP contribution in [0.25, 0.3) is 0 Å². The summed E-state index contributed by atoms with van der Waals surface area (Å²) in [5.41, 5.74) is 2.72. The second-order valence-corrected chi connectivity index (χ2v) is 5.78. The zero-order valence-corrected chi connectivity index (χ0v) is 13.6. The number of ether oxygens (including phenoxy) is 2. The quantitative estimate of drug-likeness (QED) is 0.742. The highest BCUT2D eigenvalue weighted by Gasteiger charge is 2.11. The van der Waals surface area contributed by atoms with Crippen LogP contribution in [-0.4, -0.2) is 12.6 Å². The van der Waals surface area contributed by atoms with Crippen molar-refractivity contribution in [3.05, 3.63) is 65.0 Å². The molecule has 0 aliphatic heterocycles. The lowest BCUT2D eigenvalue weighted by Crippen LogP contribution is -2.15. The molecule has 0 bridgehead atoms. The van der Waals surface area contributed by atoms with Gasteiger partial charge < -0.3 is 9.47 Å². The molecule has 0 amide bonds. The third kappa shape index (κ3) is 5.09. The second-order valence-electron chi connectivity index (χ2n) is 5.78. The molecule has 0 spiro atoms. The van der Waals surface area contributed by atoms with Crippen molar-refractivity contribution in [2.75, 3.05) is 6.61 Å². The van der Waals surface area contributed by atoms with Gasteiger partial charge in [-0.15, -0.1) is 0 Å². The lowest BCUT2D eigenvalue weighted by atomic mass is 10.0. The number of benzene rings is 2. The molecule has 2 aromatic carbocycles. The Morgan fingerprint density at radius 1 is 1.17 bits per heavy atom. The van der Waals surface area contributed by atoms with E-state index in [1.165, 1.54) is 12.1 Å². The van der Waals surface area contributed by atoms with Gasteiger partial charge in [-0.1, -0.05) is 38.1 Å². The van der Waals surface area contributed by atoms with Crippen molar-refractivity contribution < 1.29 is 18.7 Å². The molecule has 0 aromatic heterocycles. The molecule has 122 valence electrons. The molecule has 0 N–H and O–H groups in total. The van der Waals surface area contributed by atoms with Crippen LogP contribution in [0.15, 0.2) is 42.5 Å². The van der Waals surface area contributed by atoms with E-state index in [2.05, 4.69) is 13.8 Å². The van der Waals surface area contributed by atoms with Crippen LogP contribution in [-0.2, 0) is 16.1 Å². The summed E-state index contributed by atoms with van der Waals surface area (Å²) >= 11 is 0. The maximum Gasteiger partial charge on any atom is 0.344 e. The summed E-state index contributed by atoms with van der Waals surface area (Å²) < 4.78 is 23.8. The molecule has 0 saturated carbocycles. The number of carbonyl (C=O) groups excluding carboxylic acids is 1. The SMILES string of the molecule is Cc1ccc(C(C)C)c(OCC(=O)OCc2cccc(F)c2)c1. The number of halogens is 1. The number of aryl methyl sites for hydroxylation is 1. The standard InChI is InChI=1S/C19H21FO3/c1-13(2)17-8-7-14(3)9-18(17)22-12-19(21)23-11-15-5-4-6-16(20)10-15/h4-10,13H,11-12H2,1-3H3. The summed E-state index contributed by atoms with van der Waals surface area (Å²) in [7, 11) is 0. The van der Waals surface area contributed by atoms with E-state index in [1.807, 2.05) is 25.1 Å². The molecule has 0 radical (unpaired) electrons. The molecule has 0 unspecified atom stereocenters. The molecule has 4 heteroatoms. The van der Waals surface area contributed by atoms with Gasteiger partial charge in [0, 0.05) is 0 Å². The predicted molar refractivity (Wildman–Crippen MR) is 87.0 cm³/mol. The van der Waals surface area contributed by atoms with Crippen molar-refractivity contribution in [2.45, 2.75) is 33.3 Å². The largest absolute Gasteiger partial charge is 0.482 e. The van der Waals surface area contributed by atoms with E-state index in [1.54, 1.807) is 12.1 Å². The molecular weight excluding hydrogens is 295 g/mol. The van der Waals surface area contributed by atoms with E-state index in [0.717, 1.165) is 11.1 Å². The maximum atomic E-state index is 13.1. The summed E-state index contributed by atoms with van der Waals surface area (Å²) in [6, 6.07) is 11.9. The van der Waals surface area contributed by atoms with Gasteiger partial charge in [0.2, 0.25) is 0 Å². The Bertz CT molecular complexity index is 680. The number of esters is 1. The van der Waals surface area contributed by atoms with Crippen molar-refractivity contribution in [2.24, 2.45) is 0 Å². The summed E-state index contributed by atoms with van der Waals surface area (Å²) in [6.07, 6.45) is 0. The minimum absolute atomic E-state index is 0.0325. The molecule has 0 fully saturated rings. The first kappa shape index (κ1) is 17.0. The molecule has 2 aromatic rings. The van der Waals surface area contributed by atoms with Crippen molar-refractivity contribution in [1.82, 2.24) is 0 Å². The normalized spacial score (nSPS) is 10.7. The van der Waals surface area contributed by atoms with Crippen LogP contribution >= 0.6 is 0 Å². The fourth-order valence-electron chi connectivity index (χ4n) is 2.21. The number of carbonyl (C=O) groups is 1. The van der Waals surface area contributed by atoms with Crippen LogP contribution < -0.4 is 4.74 Å². The minimum Gasteiger partial charge on any atom is -0.482 e. The topological polar surface area (TPSA) is 35.5 Å². The van der Waals surface area contributed by atoms with E-state index < -0.39 is 5.97 Å². The summed E-state index contributed by atoms with van der Waals surface area (Å²) in [4.78, 5) is 11.8. The van der Waals surface area contributed by atoms with Gasteiger partial charge in [-0.2, -0.15) is 0 Å². The average Bonchev–Trinajstić information content (AvgIpc) is 2.50. The molecule has 0 aliphatic carbocycles. The molecule has 3 nitrogen and oxygen atoms in total. The highest BCUT2D eigenvalue weighted by atomic mass is 19.1. The van der Waals surface area contributed by atoms with Crippen molar-refractivity contribution in [3.8, 4) is 5.75 Å². The first-order chi connectivity index (χ1) is 11.0. The number of hydrogen-bond donors (Lipinski definition) is 0. The van der Waals surface area contributed by atoms with Gasteiger partial charge >= 0.3 is 5.97 Å². The molecule has 0 heterocycles. The van der Waals surface area contributed by atoms with Gasteiger partial charge in [-0.3, -0.25) is 0 Å². The Morgan fingerprint density at radius 2 is 1.96 bits per heavy atom. The van der Waals surface area contributed by atoms with E-state index in [0.29, 0.717) is 17.2 Å². The van der Waals surface area contributed by atoms with Gasteiger partial charge in [0.25, 0.3) is 0 Å². The summed E-state index contributed by atoms with van der Waals surface area (Å²) in [6.45, 7) is 5.97. The van der Waals surface area contributed by atoms with Crippen molar-refractivity contribution in [1.29, 1.82) is 0 Å². The lowest BCUT2D eigenvalue weighted by Gasteiger charge is -2.14. The molecule has 2 rings (SSSR count). The second kappa shape index (κ2) is 7.77. The van der Waals surface area contributed by atoms with Gasteiger partial charge in [0.05, 0.1) is 0 Å². The van der Waals surface area contributed by atoms with E-state index >= 15 is 0 Å². The maximum absolute atomic E-state index is 13.1.